The number of hydrogen-bond donors (Lipinski definition) is 2. The van der Waals surface area contributed by atoms with E-state index in [1.165, 1.54) is 0 Å². The molecule has 0 aliphatic rings. The van der Waals surface area contributed by atoms with Crippen molar-refractivity contribution in [3.05, 3.63) is 22.4 Å². The zero-order valence-corrected chi connectivity index (χ0v) is 8.10. The van der Waals surface area contributed by atoms with E-state index in [1.54, 1.807) is 11.3 Å². The highest BCUT2D eigenvalue weighted by atomic mass is 32.1. The van der Waals surface area contributed by atoms with Crippen LogP contribution < -0.4 is 5.32 Å². The van der Waals surface area contributed by atoms with Crippen molar-refractivity contribution >= 4 is 11.3 Å². The minimum atomic E-state index is -0.288. The van der Waals surface area contributed by atoms with E-state index in [4.69, 9.17) is 0 Å². The first-order valence-corrected chi connectivity index (χ1v) is 5.14. The molecule has 0 amide bonds. The molecule has 1 aromatic heterocycles. The molecule has 12 heavy (non-hydrogen) atoms. The maximum absolute atomic E-state index is 9.61. The van der Waals surface area contributed by atoms with E-state index in [1.807, 2.05) is 17.5 Å². The molecular formula is C9H15NOS. The molecule has 0 aliphatic heterocycles. The van der Waals surface area contributed by atoms with Crippen molar-refractivity contribution in [3.8, 4) is 0 Å². The molecule has 2 nitrogen and oxygen atoms in total. The number of hydrogen-bond acceptors (Lipinski definition) is 3. The van der Waals surface area contributed by atoms with Crippen LogP contribution in [0.25, 0.3) is 0 Å². The lowest BCUT2D eigenvalue weighted by molar-refractivity contribution is 0.171. The Hall–Kier alpha value is -0.380. The second-order valence-corrected chi connectivity index (χ2v) is 3.65. The Morgan fingerprint density at radius 2 is 2.50 bits per heavy atom. The van der Waals surface area contributed by atoms with Crippen molar-refractivity contribution in [1.29, 1.82) is 0 Å². The largest absolute Gasteiger partial charge is 0.388 e. The summed E-state index contributed by atoms with van der Waals surface area (Å²) >= 11 is 1.61. The molecule has 0 radical (unpaired) electrons. The Balaban J connectivity index is 2.25. The van der Waals surface area contributed by atoms with Crippen molar-refractivity contribution in [2.24, 2.45) is 0 Å². The summed E-state index contributed by atoms with van der Waals surface area (Å²) in [5, 5.41) is 14.8. The van der Waals surface area contributed by atoms with Gasteiger partial charge in [0.2, 0.25) is 0 Å². The molecule has 0 fully saturated rings. The number of nitrogens with one attached hydrogen (secondary N) is 1. The standard InChI is InChI=1S/C9H15NOS/c1-2-10-6-5-8(11)9-4-3-7-12-9/h3-4,7-8,10-11H,2,5-6H2,1H3/t8-/m1/s1. The van der Waals surface area contributed by atoms with Crippen LogP contribution in [0.2, 0.25) is 0 Å². The molecule has 0 saturated carbocycles. The number of aliphatic hydroxyl groups excluding tert-OH is 1. The lowest BCUT2D eigenvalue weighted by Crippen LogP contribution is -2.16. The van der Waals surface area contributed by atoms with Crippen molar-refractivity contribution < 1.29 is 5.11 Å². The molecule has 3 heteroatoms. The summed E-state index contributed by atoms with van der Waals surface area (Å²) in [6, 6.07) is 3.94. The first kappa shape index (κ1) is 9.71. The van der Waals surface area contributed by atoms with Gasteiger partial charge in [-0.05, 0) is 31.0 Å². The molecule has 68 valence electrons. The monoisotopic (exact) mass is 185 g/mol. The molecule has 0 saturated heterocycles. The van der Waals surface area contributed by atoms with Gasteiger partial charge >= 0.3 is 0 Å². The van der Waals surface area contributed by atoms with Crippen molar-refractivity contribution in [2.75, 3.05) is 13.1 Å². The van der Waals surface area contributed by atoms with Gasteiger partial charge in [0.05, 0.1) is 6.10 Å². The zero-order valence-electron chi connectivity index (χ0n) is 7.29. The van der Waals surface area contributed by atoms with Gasteiger partial charge in [0.1, 0.15) is 0 Å². The lowest BCUT2D eigenvalue weighted by Gasteiger charge is -2.07. The first-order chi connectivity index (χ1) is 5.84. The quantitative estimate of drug-likeness (QED) is 0.685. The smallest absolute Gasteiger partial charge is 0.0894 e. The van der Waals surface area contributed by atoms with Crippen molar-refractivity contribution in [2.45, 2.75) is 19.4 Å². The molecule has 2 N–H and O–H groups in total. The van der Waals surface area contributed by atoms with Crippen LogP contribution in [0.3, 0.4) is 0 Å². The summed E-state index contributed by atoms with van der Waals surface area (Å²) in [4.78, 5) is 1.06. The highest BCUT2D eigenvalue weighted by Crippen LogP contribution is 2.20. The Morgan fingerprint density at radius 3 is 3.08 bits per heavy atom. The highest BCUT2D eigenvalue weighted by Gasteiger charge is 2.06. The van der Waals surface area contributed by atoms with Crippen LogP contribution in [0.5, 0.6) is 0 Å². The van der Waals surface area contributed by atoms with Crippen LogP contribution in [0, 0.1) is 0 Å². The summed E-state index contributed by atoms with van der Waals surface area (Å²) in [7, 11) is 0. The number of thiophene rings is 1. The Morgan fingerprint density at radius 1 is 1.67 bits per heavy atom. The van der Waals surface area contributed by atoms with Gasteiger partial charge in [-0.15, -0.1) is 11.3 Å². The fourth-order valence-electron chi connectivity index (χ4n) is 1.04. The summed E-state index contributed by atoms with van der Waals surface area (Å²) in [5.74, 6) is 0. The molecular weight excluding hydrogens is 170 g/mol. The SMILES string of the molecule is CCNCC[C@@H](O)c1cccs1. The topological polar surface area (TPSA) is 32.3 Å². The first-order valence-electron chi connectivity index (χ1n) is 4.26. The fraction of sp³-hybridized carbons (Fsp3) is 0.556. The molecule has 0 aliphatic carbocycles. The maximum Gasteiger partial charge on any atom is 0.0894 e. The number of rotatable bonds is 5. The predicted octanol–water partition coefficient (Wildman–Crippen LogP) is 1.78. The second-order valence-electron chi connectivity index (χ2n) is 2.67. The summed E-state index contributed by atoms with van der Waals surface area (Å²) in [6.45, 7) is 3.92. The van der Waals surface area contributed by atoms with Crippen LogP contribution in [-0.4, -0.2) is 18.2 Å². The normalized spacial score (nSPS) is 13.2. The van der Waals surface area contributed by atoms with Crippen LogP contribution in [0.4, 0.5) is 0 Å². The molecule has 1 heterocycles. The zero-order chi connectivity index (χ0) is 8.81. The molecule has 0 bridgehead atoms. The number of aliphatic hydroxyl groups is 1. The van der Waals surface area contributed by atoms with Gasteiger partial charge in [-0.3, -0.25) is 0 Å². The van der Waals surface area contributed by atoms with Gasteiger partial charge in [-0.2, -0.15) is 0 Å². The maximum atomic E-state index is 9.61. The van der Waals surface area contributed by atoms with Gasteiger partial charge in [0.25, 0.3) is 0 Å². The Kier molecular flexibility index (Phi) is 4.29. The second kappa shape index (κ2) is 5.30. The average molecular weight is 185 g/mol. The third kappa shape index (κ3) is 2.93. The summed E-state index contributed by atoms with van der Waals surface area (Å²) < 4.78 is 0. The molecule has 1 atom stereocenters. The van der Waals surface area contributed by atoms with Crippen molar-refractivity contribution in [1.82, 2.24) is 5.32 Å². The van der Waals surface area contributed by atoms with E-state index in [2.05, 4.69) is 12.2 Å². The Labute approximate surface area is 77.2 Å². The van der Waals surface area contributed by atoms with Gasteiger partial charge in [0, 0.05) is 4.88 Å². The molecule has 1 rings (SSSR count). The van der Waals surface area contributed by atoms with E-state index in [9.17, 15) is 5.11 Å². The van der Waals surface area contributed by atoms with Gasteiger partial charge in [-0.1, -0.05) is 13.0 Å². The fourth-order valence-corrected chi connectivity index (χ4v) is 1.79. The van der Waals surface area contributed by atoms with Crippen LogP contribution in [0.1, 0.15) is 24.3 Å². The Bertz CT molecular complexity index is 198. The van der Waals surface area contributed by atoms with Crippen LogP contribution in [0.15, 0.2) is 17.5 Å². The van der Waals surface area contributed by atoms with Gasteiger partial charge in [0.15, 0.2) is 0 Å². The van der Waals surface area contributed by atoms with E-state index >= 15 is 0 Å². The molecule has 0 aromatic carbocycles. The molecule has 0 spiro atoms. The van der Waals surface area contributed by atoms with Gasteiger partial charge < -0.3 is 10.4 Å². The minimum absolute atomic E-state index is 0.288. The molecule has 0 unspecified atom stereocenters. The third-order valence-electron chi connectivity index (χ3n) is 1.72. The van der Waals surface area contributed by atoms with E-state index in [-0.39, 0.29) is 6.10 Å². The summed E-state index contributed by atoms with van der Waals surface area (Å²) in [6.07, 6.45) is 0.512. The lowest BCUT2D eigenvalue weighted by atomic mass is 10.2. The predicted molar refractivity (Wildman–Crippen MR) is 52.4 cm³/mol. The van der Waals surface area contributed by atoms with Crippen LogP contribution >= 0.6 is 11.3 Å². The van der Waals surface area contributed by atoms with Crippen molar-refractivity contribution in [3.63, 3.8) is 0 Å². The summed E-state index contributed by atoms with van der Waals surface area (Å²) in [5.41, 5.74) is 0. The van der Waals surface area contributed by atoms with Crippen LogP contribution in [-0.2, 0) is 0 Å². The van der Waals surface area contributed by atoms with E-state index in [0.29, 0.717) is 0 Å². The average Bonchev–Trinajstić information content (AvgIpc) is 2.56. The minimum Gasteiger partial charge on any atom is -0.388 e. The third-order valence-corrected chi connectivity index (χ3v) is 2.69. The highest BCUT2D eigenvalue weighted by molar-refractivity contribution is 7.10. The van der Waals surface area contributed by atoms with E-state index < -0.39 is 0 Å². The molecule has 1 aromatic rings. The van der Waals surface area contributed by atoms with E-state index in [0.717, 1.165) is 24.4 Å². The van der Waals surface area contributed by atoms with Gasteiger partial charge in [-0.25, -0.2) is 0 Å².